The molecule has 0 saturated carbocycles. The van der Waals surface area contributed by atoms with Crippen molar-refractivity contribution in [2.24, 2.45) is 0 Å². The number of benzene rings is 1. The number of nitro groups is 1. The summed E-state index contributed by atoms with van der Waals surface area (Å²) in [7, 11) is 0. The molecule has 0 aliphatic heterocycles. The van der Waals surface area contributed by atoms with Crippen molar-refractivity contribution in [1.82, 2.24) is 0 Å². The third kappa shape index (κ3) is 4.74. The highest BCUT2D eigenvalue weighted by atomic mass is 79.9. The van der Waals surface area contributed by atoms with Gasteiger partial charge >= 0.3 is 0 Å². The third-order valence-corrected chi connectivity index (χ3v) is 3.66. The van der Waals surface area contributed by atoms with Gasteiger partial charge in [0.25, 0.3) is 5.69 Å². The average molecular weight is 401 g/mol. The molecule has 0 saturated heterocycles. The first kappa shape index (κ1) is 15.7. The lowest BCUT2D eigenvalue weighted by atomic mass is 10.2. The Morgan fingerprint density at radius 2 is 1.83 bits per heavy atom. The van der Waals surface area contributed by atoms with Gasteiger partial charge < -0.3 is 4.74 Å². The number of hydrogen-bond acceptors (Lipinski definition) is 3. The largest absolute Gasteiger partial charge is 0.491 e. The second-order valence-corrected chi connectivity index (χ2v) is 5.68. The molecule has 0 radical (unpaired) electrons. The Labute approximate surface area is 127 Å². The fraction of sp³-hybridized carbons (Fsp3) is 0.455. The van der Waals surface area contributed by atoms with E-state index in [4.69, 9.17) is 16.3 Å². The molecule has 0 fully saturated rings. The van der Waals surface area contributed by atoms with Crippen LogP contribution in [-0.2, 0) is 0 Å². The van der Waals surface area contributed by atoms with Gasteiger partial charge in [0.05, 0.1) is 20.5 Å². The molecule has 0 unspecified atom stereocenters. The van der Waals surface area contributed by atoms with Gasteiger partial charge in [-0.15, -0.1) is 11.6 Å². The Morgan fingerprint density at radius 1 is 1.22 bits per heavy atom. The van der Waals surface area contributed by atoms with Crippen molar-refractivity contribution in [2.75, 3.05) is 12.5 Å². The Morgan fingerprint density at radius 3 is 2.33 bits per heavy atom. The number of ether oxygens (including phenoxy) is 1. The summed E-state index contributed by atoms with van der Waals surface area (Å²) in [6.07, 6.45) is 2.88. The molecule has 1 aromatic rings. The van der Waals surface area contributed by atoms with Gasteiger partial charge in [0, 0.05) is 18.0 Å². The Hall–Kier alpha value is -0.330. The first-order valence-corrected chi connectivity index (χ1v) is 7.50. The van der Waals surface area contributed by atoms with E-state index < -0.39 is 4.92 Å². The number of nitrogens with zero attached hydrogens (tertiary/aromatic N) is 1. The van der Waals surface area contributed by atoms with E-state index in [2.05, 4.69) is 31.9 Å². The van der Waals surface area contributed by atoms with Crippen LogP contribution in [0.15, 0.2) is 21.1 Å². The molecule has 7 heteroatoms. The standard InChI is InChI=1S/C11H12Br2ClNO3/c12-9-6-8(15(16)17)7-10(13)11(9)18-5-3-1-2-4-14/h6-7H,1-5H2. The van der Waals surface area contributed by atoms with Crippen LogP contribution in [0.4, 0.5) is 5.69 Å². The first-order chi connectivity index (χ1) is 8.56. The summed E-state index contributed by atoms with van der Waals surface area (Å²) < 4.78 is 6.73. The first-order valence-electron chi connectivity index (χ1n) is 5.38. The predicted octanol–water partition coefficient (Wildman–Crippen LogP) is 4.91. The summed E-state index contributed by atoms with van der Waals surface area (Å²) in [5.74, 6) is 1.25. The molecular formula is C11H12Br2ClNO3. The lowest BCUT2D eigenvalue weighted by molar-refractivity contribution is -0.385. The van der Waals surface area contributed by atoms with Crippen molar-refractivity contribution < 1.29 is 9.66 Å². The molecule has 4 nitrogen and oxygen atoms in total. The van der Waals surface area contributed by atoms with Crippen molar-refractivity contribution >= 4 is 49.1 Å². The van der Waals surface area contributed by atoms with E-state index in [1.165, 1.54) is 12.1 Å². The van der Waals surface area contributed by atoms with Gasteiger partial charge in [-0.25, -0.2) is 0 Å². The van der Waals surface area contributed by atoms with Crippen LogP contribution < -0.4 is 4.74 Å². The lowest BCUT2D eigenvalue weighted by Crippen LogP contribution is -1.99. The second kappa shape index (κ2) is 7.96. The van der Waals surface area contributed by atoms with Crippen LogP contribution in [0.2, 0.25) is 0 Å². The zero-order valence-corrected chi connectivity index (χ0v) is 13.4. The molecule has 0 heterocycles. The molecule has 1 rings (SSSR count). The van der Waals surface area contributed by atoms with Crippen molar-refractivity contribution in [3.05, 3.63) is 31.2 Å². The van der Waals surface area contributed by atoms with E-state index in [-0.39, 0.29) is 5.69 Å². The Balaban J connectivity index is 2.63. The third-order valence-electron chi connectivity index (χ3n) is 2.22. The average Bonchev–Trinajstić information content (AvgIpc) is 2.31. The maximum Gasteiger partial charge on any atom is 0.271 e. The molecule has 0 aliphatic carbocycles. The van der Waals surface area contributed by atoms with E-state index >= 15 is 0 Å². The summed E-state index contributed by atoms with van der Waals surface area (Å²) in [5.41, 5.74) is 0.0169. The highest BCUT2D eigenvalue weighted by molar-refractivity contribution is 9.11. The second-order valence-electron chi connectivity index (χ2n) is 3.59. The van der Waals surface area contributed by atoms with Crippen molar-refractivity contribution in [1.29, 1.82) is 0 Å². The highest BCUT2D eigenvalue weighted by Gasteiger charge is 2.14. The van der Waals surface area contributed by atoms with Crippen molar-refractivity contribution in [2.45, 2.75) is 19.3 Å². The zero-order valence-electron chi connectivity index (χ0n) is 9.50. The minimum absolute atomic E-state index is 0.0169. The van der Waals surface area contributed by atoms with Crippen LogP contribution in [0.1, 0.15) is 19.3 Å². The summed E-state index contributed by atoms with van der Waals surface area (Å²) in [6.45, 7) is 0.561. The highest BCUT2D eigenvalue weighted by Crippen LogP contribution is 2.37. The minimum atomic E-state index is -0.445. The minimum Gasteiger partial charge on any atom is -0.491 e. The number of nitro benzene ring substituents is 1. The topological polar surface area (TPSA) is 52.4 Å². The summed E-state index contributed by atoms with van der Waals surface area (Å²) >= 11 is 12.1. The van der Waals surface area contributed by atoms with Gasteiger partial charge in [-0.3, -0.25) is 10.1 Å². The molecular weight excluding hydrogens is 389 g/mol. The van der Waals surface area contributed by atoms with Crippen LogP contribution in [0, 0.1) is 10.1 Å². The molecule has 0 aromatic heterocycles. The molecule has 0 aliphatic rings. The van der Waals surface area contributed by atoms with Gasteiger partial charge in [-0.1, -0.05) is 0 Å². The van der Waals surface area contributed by atoms with Gasteiger partial charge in [0.1, 0.15) is 5.75 Å². The van der Waals surface area contributed by atoms with Gasteiger partial charge in [-0.05, 0) is 51.1 Å². The number of halogens is 3. The lowest BCUT2D eigenvalue weighted by Gasteiger charge is -2.09. The molecule has 0 atom stereocenters. The summed E-state index contributed by atoms with van der Waals surface area (Å²) in [6, 6.07) is 2.86. The van der Waals surface area contributed by atoms with E-state index in [1.54, 1.807) is 0 Å². The molecule has 0 N–H and O–H groups in total. The van der Waals surface area contributed by atoms with E-state index in [9.17, 15) is 10.1 Å². The van der Waals surface area contributed by atoms with Crippen LogP contribution in [-0.4, -0.2) is 17.4 Å². The normalized spacial score (nSPS) is 10.4. The molecule has 0 spiro atoms. The van der Waals surface area contributed by atoms with Gasteiger partial charge in [0.15, 0.2) is 0 Å². The summed E-state index contributed by atoms with van der Waals surface area (Å²) in [4.78, 5) is 10.2. The number of alkyl halides is 1. The number of hydrogen-bond donors (Lipinski definition) is 0. The fourth-order valence-electron chi connectivity index (χ4n) is 1.34. The van der Waals surface area contributed by atoms with Gasteiger partial charge in [-0.2, -0.15) is 0 Å². The predicted molar refractivity (Wildman–Crippen MR) is 78.6 cm³/mol. The molecule has 1 aromatic carbocycles. The van der Waals surface area contributed by atoms with Crippen LogP contribution in [0.5, 0.6) is 5.75 Å². The monoisotopic (exact) mass is 399 g/mol. The SMILES string of the molecule is O=[N+]([O-])c1cc(Br)c(OCCCCCCl)c(Br)c1. The van der Waals surface area contributed by atoms with Crippen LogP contribution >= 0.6 is 43.5 Å². The van der Waals surface area contributed by atoms with Crippen molar-refractivity contribution in [3.63, 3.8) is 0 Å². The zero-order chi connectivity index (χ0) is 13.5. The quantitative estimate of drug-likeness (QED) is 0.282. The smallest absolute Gasteiger partial charge is 0.271 e. The molecule has 18 heavy (non-hydrogen) atoms. The number of rotatable bonds is 7. The molecule has 0 bridgehead atoms. The van der Waals surface area contributed by atoms with E-state index in [1.807, 2.05) is 0 Å². The number of unbranched alkanes of at least 4 members (excludes halogenated alkanes) is 2. The maximum atomic E-state index is 10.7. The summed E-state index contributed by atoms with van der Waals surface area (Å²) in [5, 5.41) is 10.7. The number of non-ortho nitro benzene ring substituents is 1. The fourth-order valence-corrected chi connectivity index (χ4v) is 2.92. The van der Waals surface area contributed by atoms with E-state index in [0.717, 1.165) is 19.3 Å². The van der Waals surface area contributed by atoms with Crippen LogP contribution in [0.25, 0.3) is 0 Å². The maximum absolute atomic E-state index is 10.7. The van der Waals surface area contributed by atoms with Crippen LogP contribution in [0.3, 0.4) is 0 Å². The molecule has 100 valence electrons. The van der Waals surface area contributed by atoms with Gasteiger partial charge in [0.2, 0.25) is 0 Å². The Kier molecular flexibility index (Phi) is 6.96. The Bertz CT molecular complexity index is 406. The van der Waals surface area contributed by atoms with E-state index in [0.29, 0.717) is 27.2 Å². The molecule has 0 amide bonds. The van der Waals surface area contributed by atoms with Crippen molar-refractivity contribution in [3.8, 4) is 5.75 Å².